The summed E-state index contributed by atoms with van der Waals surface area (Å²) in [5.41, 5.74) is 0. The summed E-state index contributed by atoms with van der Waals surface area (Å²) in [6.07, 6.45) is 0. The van der Waals surface area contributed by atoms with Crippen molar-refractivity contribution in [2.45, 2.75) is 0 Å². The van der Waals surface area contributed by atoms with Gasteiger partial charge in [-0.3, -0.25) is 0 Å². The van der Waals surface area contributed by atoms with Gasteiger partial charge in [-0.05, 0) is 0 Å². The lowest BCUT2D eigenvalue weighted by atomic mass is 14.0. The van der Waals surface area contributed by atoms with Crippen molar-refractivity contribution < 1.29 is 9.46 Å². The van der Waals surface area contributed by atoms with Gasteiger partial charge in [0.25, 0.3) is 0 Å². The Bertz CT molecular complexity index is 17.1. The van der Waals surface area contributed by atoms with Gasteiger partial charge >= 0.3 is 31.7 Å². The molecular formula is H6MgNO2P. The molecule has 0 radical (unpaired) electrons. The van der Waals surface area contributed by atoms with Crippen LogP contribution in [0, 0.1) is 0 Å². The summed E-state index contributed by atoms with van der Waals surface area (Å²) in [4.78, 5) is 6.99. The lowest BCUT2D eigenvalue weighted by Crippen LogP contribution is -1.03. The maximum atomic E-state index is 8.46. The van der Waals surface area contributed by atoms with Gasteiger partial charge in [0.05, 0.1) is 0 Å². The topological polar surface area (TPSA) is 72.3 Å². The molecule has 0 aliphatic rings. The Morgan fingerprint density at radius 2 is 1.60 bits per heavy atom. The third kappa shape index (κ3) is 60.1. The van der Waals surface area contributed by atoms with Gasteiger partial charge in [0.15, 0.2) is 0 Å². The minimum atomic E-state index is -0.833. The van der Waals surface area contributed by atoms with Gasteiger partial charge in [0, 0.05) is 0 Å². The van der Waals surface area contributed by atoms with Crippen LogP contribution < -0.4 is 6.15 Å². The van der Waals surface area contributed by atoms with Crippen LogP contribution in [-0.2, 0) is 4.57 Å². The molecule has 0 saturated heterocycles. The van der Waals surface area contributed by atoms with E-state index in [-0.39, 0.29) is 29.2 Å². The summed E-state index contributed by atoms with van der Waals surface area (Å²) in [6, 6.07) is 0. The summed E-state index contributed by atoms with van der Waals surface area (Å²) in [7, 11) is -0.833. The van der Waals surface area contributed by atoms with Crippen molar-refractivity contribution in [3.8, 4) is 0 Å². The predicted octanol–water partition coefficient (Wildman–Crippen LogP) is -0.569. The second kappa shape index (κ2) is 21.5. The first kappa shape index (κ1) is 17.1. The van der Waals surface area contributed by atoms with Crippen LogP contribution in [-0.4, -0.2) is 27.9 Å². The first-order valence-corrected chi connectivity index (χ1v) is 1.15. The van der Waals surface area contributed by atoms with Gasteiger partial charge in [-0.2, -0.15) is 0 Å². The highest BCUT2D eigenvalue weighted by atomic mass is 31.1. The molecule has 0 amide bonds. The average molecular weight is 107 g/mol. The minimum absolute atomic E-state index is 0. The highest BCUT2D eigenvalue weighted by molar-refractivity contribution is 7.16. The molecule has 0 aliphatic carbocycles. The van der Waals surface area contributed by atoms with Crippen LogP contribution in [0.2, 0.25) is 0 Å². The summed E-state index contributed by atoms with van der Waals surface area (Å²) >= 11 is 0. The third-order valence-corrected chi connectivity index (χ3v) is 0. The highest BCUT2D eigenvalue weighted by Crippen LogP contribution is 1.66. The van der Waals surface area contributed by atoms with E-state index >= 15 is 0 Å². The van der Waals surface area contributed by atoms with Crippen LogP contribution >= 0.6 is 8.69 Å². The van der Waals surface area contributed by atoms with Gasteiger partial charge < -0.3 is 11.0 Å². The second-order valence-electron chi connectivity index (χ2n) is 0.0816. The van der Waals surface area contributed by atoms with Gasteiger partial charge in [-0.25, -0.2) is 4.57 Å². The molecule has 0 rings (SSSR count). The standard InChI is InChI=1S/Mg.H3N.HO2P.2H/c;;1-3-2;;/h;1H3;(H,1,2);;. The lowest BCUT2D eigenvalue weighted by Gasteiger charge is -1.24. The number of hydrogen-bond donors (Lipinski definition) is 2. The molecule has 0 aromatic heterocycles. The summed E-state index contributed by atoms with van der Waals surface area (Å²) in [5.74, 6) is 0. The molecule has 0 unspecified atom stereocenters. The van der Waals surface area contributed by atoms with Crippen LogP contribution in [0.1, 0.15) is 0 Å². The maximum Gasteiger partial charge on any atom is 0.324 e. The van der Waals surface area contributed by atoms with Crippen molar-refractivity contribution in [2.24, 2.45) is 0 Å². The zero-order valence-electron chi connectivity index (χ0n) is 2.01. The Morgan fingerprint density at radius 1 is 1.60 bits per heavy atom. The molecule has 3 nitrogen and oxygen atoms in total. The Morgan fingerprint density at radius 3 is 1.60 bits per heavy atom. The van der Waals surface area contributed by atoms with Crippen molar-refractivity contribution in [2.75, 3.05) is 0 Å². The summed E-state index contributed by atoms with van der Waals surface area (Å²) in [6.45, 7) is 0. The average Bonchev–Trinajstić information content (AvgIpc) is 0.918. The SMILES string of the molecule is N.O=PO.[MgH2]. The van der Waals surface area contributed by atoms with E-state index in [1.807, 2.05) is 0 Å². The Kier molecular flexibility index (Phi) is 73.4. The fourth-order valence-corrected chi connectivity index (χ4v) is 0. The molecule has 0 aliphatic heterocycles. The molecule has 0 spiro atoms. The van der Waals surface area contributed by atoms with E-state index in [0.717, 1.165) is 0 Å². The summed E-state index contributed by atoms with van der Waals surface area (Å²) in [5, 5.41) is 0. The molecule has 5 heavy (non-hydrogen) atoms. The second-order valence-corrected chi connectivity index (χ2v) is 0.245. The number of hydrogen-bond acceptors (Lipinski definition) is 2. The van der Waals surface area contributed by atoms with Crippen molar-refractivity contribution in [3.05, 3.63) is 0 Å². The zero-order valence-corrected chi connectivity index (χ0v) is 2.90. The van der Waals surface area contributed by atoms with Crippen LogP contribution in [0.3, 0.4) is 0 Å². The first-order chi connectivity index (χ1) is 1.41. The van der Waals surface area contributed by atoms with Crippen molar-refractivity contribution >= 4 is 31.7 Å². The fraction of sp³-hybridized carbons (Fsp3) is 0. The van der Waals surface area contributed by atoms with E-state index in [9.17, 15) is 0 Å². The van der Waals surface area contributed by atoms with E-state index in [1.165, 1.54) is 0 Å². The normalized spacial score (nSPS) is 4.20. The summed E-state index contributed by atoms with van der Waals surface area (Å²) < 4.78 is 8.46. The van der Waals surface area contributed by atoms with Gasteiger partial charge in [-0.1, -0.05) is 0 Å². The fourth-order valence-electron chi connectivity index (χ4n) is 0. The van der Waals surface area contributed by atoms with E-state index < -0.39 is 8.69 Å². The monoisotopic (exact) mass is 107 g/mol. The van der Waals surface area contributed by atoms with Crippen LogP contribution in [0.15, 0.2) is 0 Å². The van der Waals surface area contributed by atoms with Gasteiger partial charge in [-0.15, -0.1) is 0 Å². The predicted molar refractivity (Wildman–Crippen MR) is 23.4 cm³/mol. The molecule has 0 aromatic rings. The molecule has 0 aromatic carbocycles. The Labute approximate surface area is 47.8 Å². The highest BCUT2D eigenvalue weighted by Gasteiger charge is 1.28. The number of rotatable bonds is 0. The molecule has 0 fully saturated rings. The van der Waals surface area contributed by atoms with E-state index in [0.29, 0.717) is 0 Å². The van der Waals surface area contributed by atoms with Crippen molar-refractivity contribution in [3.63, 3.8) is 0 Å². The molecular weight excluding hydrogens is 101 g/mol. The van der Waals surface area contributed by atoms with Crippen LogP contribution in [0.25, 0.3) is 0 Å². The van der Waals surface area contributed by atoms with Gasteiger partial charge in [0.1, 0.15) is 0 Å². The quantitative estimate of drug-likeness (QED) is 0.322. The largest absolute Gasteiger partial charge is 0.344 e. The van der Waals surface area contributed by atoms with E-state index in [4.69, 9.17) is 9.46 Å². The van der Waals surface area contributed by atoms with Crippen LogP contribution in [0.5, 0.6) is 0 Å². The molecule has 0 saturated carbocycles. The molecule has 0 bridgehead atoms. The van der Waals surface area contributed by atoms with Crippen molar-refractivity contribution in [1.29, 1.82) is 0 Å². The lowest BCUT2D eigenvalue weighted by molar-refractivity contribution is 0.524. The molecule has 5 heteroatoms. The third-order valence-electron chi connectivity index (χ3n) is 0. The Balaban J connectivity index is -0.0000000200. The molecule has 0 heterocycles. The van der Waals surface area contributed by atoms with Crippen molar-refractivity contribution in [1.82, 2.24) is 6.15 Å². The smallest absolute Gasteiger partial charge is 0.324 e. The van der Waals surface area contributed by atoms with E-state index in [2.05, 4.69) is 0 Å². The zero-order chi connectivity index (χ0) is 2.71. The maximum absolute atomic E-state index is 8.46. The Hall–Kier alpha value is 0.786. The molecule has 30 valence electrons. The van der Waals surface area contributed by atoms with Crippen LogP contribution in [0.4, 0.5) is 0 Å². The molecule has 4 N–H and O–H groups in total. The van der Waals surface area contributed by atoms with E-state index in [1.54, 1.807) is 0 Å². The van der Waals surface area contributed by atoms with Gasteiger partial charge in [0.2, 0.25) is 0 Å². The first-order valence-electron chi connectivity index (χ1n) is 0.383. The molecule has 0 atom stereocenters. The minimum Gasteiger partial charge on any atom is -0.344 e.